The Morgan fingerprint density at radius 1 is 1.04 bits per heavy atom. The summed E-state index contributed by atoms with van der Waals surface area (Å²) >= 11 is 0. The number of carbonyl (C=O) groups excluding carboxylic acids is 2. The molecule has 0 radical (unpaired) electrons. The molecule has 0 unspecified atom stereocenters. The van der Waals surface area contributed by atoms with Crippen molar-refractivity contribution < 1.29 is 27.5 Å². The van der Waals surface area contributed by atoms with Gasteiger partial charge in [0.05, 0.1) is 24.8 Å². The van der Waals surface area contributed by atoms with Crippen molar-refractivity contribution in [1.29, 1.82) is 0 Å². The van der Waals surface area contributed by atoms with E-state index in [-0.39, 0.29) is 17.8 Å². The minimum Gasteiger partial charge on any atom is -0.465 e. The van der Waals surface area contributed by atoms with Crippen LogP contribution in [0.3, 0.4) is 0 Å². The van der Waals surface area contributed by atoms with E-state index in [1.165, 1.54) is 50.4 Å². The second-order valence-electron chi connectivity index (χ2n) is 5.50. The first-order valence-corrected chi connectivity index (χ1v) is 7.60. The summed E-state index contributed by atoms with van der Waals surface area (Å²) in [4.78, 5) is 23.3. The number of ether oxygens (including phenoxy) is 1. The molecule has 2 aromatic rings. The van der Waals surface area contributed by atoms with E-state index in [0.29, 0.717) is 11.3 Å². The summed E-state index contributed by atoms with van der Waals surface area (Å²) in [5, 5.41) is 5.23. The predicted molar refractivity (Wildman–Crippen MR) is 91.1 cm³/mol. The van der Waals surface area contributed by atoms with E-state index >= 15 is 0 Å². The molecule has 0 atom stereocenters. The topological polar surface area (TPSA) is 67.4 Å². The lowest BCUT2D eigenvalue weighted by molar-refractivity contribution is -0.138. The fourth-order valence-corrected chi connectivity index (χ4v) is 2.23. The minimum atomic E-state index is -4.45. The molecule has 0 aliphatic heterocycles. The van der Waals surface area contributed by atoms with Crippen molar-refractivity contribution in [1.82, 2.24) is 0 Å². The largest absolute Gasteiger partial charge is 0.465 e. The molecule has 0 aliphatic carbocycles. The summed E-state index contributed by atoms with van der Waals surface area (Å²) < 4.78 is 43.2. The maximum Gasteiger partial charge on any atom is 0.416 e. The van der Waals surface area contributed by atoms with Crippen LogP contribution in [-0.4, -0.2) is 25.5 Å². The normalized spacial score (nSPS) is 11.0. The van der Waals surface area contributed by atoms with Gasteiger partial charge in [-0.1, -0.05) is 6.07 Å². The molecule has 2 N–H and O–H groups in total. The first kappa shape index (κ1) is 19.3. The quantitative estimate of drug-likeness (QED) is 0.789. The van der Waals surface area contributed by atoms with Gasteiger partial charge >= 0.3 is 12.1 Å². The Labute approximate surface area is 148 Å². The van der Waals surface area contributed by atoms with Crippen molar-refractivity contribution in [3.63, 3.8) is 0 Å². The molecule has 0 heterocycles. The number of aryl methyl sites for hydroxylation is 1. The smallest absolute Gasteiger partial charge is 0.416 e. The molecule has 0 spiro atoms. The van der Waals surface area contributed by atoms with Crippen LogP contribution in [0.25, 0.3) is 0 Å². The van der Waals surface area contributed by atoms with Crippen LogP contribution in [0.1, 0.15) is 21.5 Å². The highest BCUT2D eigenvalue weighted by atomic mass is 19.4. The van der Waals surface area contributed by atoms with Gasteiger partial charge in [-0.2, -0.15) is 13.2 Å². The molecule has 0 aliphatic rings. The standard InChI is InChI=1S/C18H17F3N2O3/c1-11-3-6-14(9-15(11)18(19,20)21)22-10-16(24)23-13-7-4-12(5-8-13)17(25)26-2/h3-9,22H,10H2,1-2H3,(H,23,24). The Hall–Kier alpha value is -3.03. The average molecular weight is 366 g/mol. The average Bonchev–Trinajstić information content (AvgIpc) is 2.60. The number of hydrogen-bond donors (Lipinski definition) is 2. The van der Waals surface area contributed by atoms with Crippen LogP contribution in [0, 0.1) is 6.92 Å². The fraction of sp³-hybridized carbons (Fsp3) is 0.222. The Bertz CT molecular complexity index is 802. The molecule has 26 heavy (non-hydrogen) atoms. The highest BCUT2D eigenvalue weighted by Crippen LogP contribution is 2.33. The summed E-state index contributed by atoms with van der Waals surface area (Å²) in [5.41, 5.74) is 0.339. The number of benzene rings is 2. The van der Waals surface area contributed by atoms with Gasteiger partial charge in [-0.25, -0.2) is 4.79 Å². The number of esters is 1. The number of nitrogens with one attached hydrogen (secondary N) is 2. The molecule has 0 saturated carbocycles. The van der Waals surface area contributed by atoms with Gasteiger partial charge in [0.15, 0.2) is 0 Å². The van der Waals surface area contributed by atoms with E-state index < -0.39 is 23.6 Å². The molecule has 8 heteroatoms. The zero-order chi connectivity index (χ0) is 19.3. The van der Waals surface area contributed by atoms with Crippen LogP contribution in [0.4, 0.5) is 24.5 Å². The van der Waals surface area contributed by atoms with Crippen molar-refractivity contribution in [3.05, 3.63) is 59.2 Å². The van der Waals surface area contributed by atoms with Crippen LogP contribution >= 0.6 is 0 Å². The summed E-state index contributed by atoms with van der Waals surface area (Å²) in [7, 11) is 1.26. The number of carbonyl (C=O) groups is 2. The maximum absolute atomic E-state index is 12.9. The summed E-state index contributed by atoms with van der Waals surface area (Å²) in [6.45, 7) is 1.16. The first-order valence-electron chi connectivity index (χ1n) is 7.60. The predicted octanol–water partition coefficient (Wildman–Crippen LogP) is 3.85. The number of methoxy groups -OCH3 is 1. The minimum absolute atomic E-state index is 0.109. The van der Waals surface area contributed by atoms with E-state index in [1.807, 2.05) is 0 Å². The molecule has 5 nitrogen and oxygen atoms in total. The highest BCUT2D eigenvalue weighted by molar-refractivity contribution is 5.95. The molecular formula is C18H17F3N2O3. The molecular weight excluding hydrogens is 349 g/mol. The highest BCUT2D eigenvalue weighted by Gasteiger charge is 2.32. The number of anilines is 2. The van der Waals surface area contributed by atoms with Crippen LogP contribution in [-0.2, 0) is 15.7 Å². The van der Waals surface area contributed by atoms with Gasteiger partial charge in [-0.15, -0.1) is 0 Å². The monoisotopic (exact) mass is 366 g/mol. The molecule has 138 valence electrons. The van der Waals surface area contributed by atoms with Crippen molar-refractivity contribution in [2.75, 3.05) is 24.3 Å². The number of alkyl halides is 3. The van der Waals surface area contributed by atoms with Gasteiger partial charge in [0, 0.05) is 11.4 Å². The molecule has 2 rings (SSSR count). The van der Waals surface area contributed by atoms with Gasteiger partial charge in [0.25, 0.3) is 0 Å². The summed E-state index contributed by atoms with van der Waals surface area (Å²) in [6, 6.07) is 9.82. The summed E-state index contributed by atoms with van der Waals surface area (Å²) in [6.07, 6.45) is -4.45. The Kier molecular flexibility index (Phi) is 5.86. The van der Waals surface area contributed by atoms with Crippen LogP contribution < -0.4 is 10.6 Å². The van der Waals surface area contributed by atoms with Crippen molar-refractivity contribution >= 4 is 23.3 Å². The number of halogens is 3. The second kappa shape index (κ2) is 7.90. The molecule has 0 bridgehead atoms. The third-order valence-electron chi connectivity index (χ3n) is 3.59. The summed E-state index contributed by atoms with van der Waals surface area (Å²) in [5.74, 6) is -0.936. The lowest BCUT2D eigenvalue weighted by Gasteiger charge is -2.13. The van der Waals surface area contributed by atoms with Gasteiger partial charge in [0.1, 0.15) is 0 Å². The van der Waals surface area contributed by atoms with Gasteiger partial charge in [-0.05, 0) is 48.9 Å². The van der Waals surface area contributed by atoms with E-state index in [2.05, 4.69) is 15.4 Å². The van der Waals surface area contributed by atoms with Crippen LogP contribution in [0.2, 0.25) is 0 Å². The molecule has 0 fully saturated rings. The van der Waals surface area contributed by atoms with Crippen LogP contribution in [0.5, 0.6) is 0 Å². The molecule has 2 aromatic carbocycles. The van der Waals surface area contributed by atoms with Crippen molar-refractivity contribution in [3.8, 4) is 0 Å². The third-order valence-corrected chi connectivity index (χ3v) is 3.59. The first-order chi connectivity index (χ1) is 12.2. The SMILES string of the molecule is COC(=O)c1ccc(NC(=O)CNc2ccc(C)c(C(F)(F)F)c2)cc1. The molecule has 1 amide bonds. The number of amides is 1. The van der Waals surface area contributed by atoms with Crippen molar-refractivity contribution in [2.24, 2.45) is 0 Å². The van der Waals surface area contributed by atoms with Crippen LogP contribution in [0.15, 0.2) is 42.5 Å². The zero-order valence-electron chi connectivity index (χ0n) is 14.1. The lowest BCUT2D eigenvalue weighted by atomic mass is 10.1. The molecule has 0 aromatic heterocycles. The van der Waals surface area contributed by atoms with E-state index in [9.17, 15) is 22.8 Å². The molecule has 0 saturated heterocycles. The zero-order valence-corrected chi connectivity index (χ0v) is 14.1. The van der Waals surface area contributed by atoms with Crippen molar-refractivity contribution in [2.45, 2.75) is 13.1 Å². The van der Waals surface area contributed by atoms with E-state index in [4.69, 9.17) is 0 Å². The van der Waals surface area contributed by atoms with Gasteiger partial charge < -0.3 is 15.4 Å². The van der Waals surface area contributed by atoms with E-state index in [1.54, 1.807) is 0 Å². The fourth-order valence-electron chi connectivity index (χ4n) is 2.23. The number of hydrogen-bond acceptors (Lipinski definition) is 4. The number of rotatable bonds is 5. The second-order valence-corrected chi connectivity index (χ2v) is 5.50. The van der Waals surface area contributed by atoms with Gasteiger partial charge in [-0.3, -0.25) is 4.79 Å². The third kappa shape index (κ3) is 4.98. The van der Waals surface area contributed by atoms with Gasteiger partial charge in [0.2, 0.25) is 5.91 Å². The Morgan fingerprint density at radius 3 is 2.23 bits per heavy atom. The lowest BCUT2D eigenvalue weighted by Crippen LogP contribution is -2.22. The van der Waals surface area contributed by atoms with E-state index in [0.717, 1.165) is 6.07 Å². The maximum atomic E-state index is 12.9. The Balaban J connectivity index is 1.96. The Morgan fingerprint density at radius 2 is 1.65 bits per heavy atom.